The summed E-state index contributed by atoms with van der Waals surface area (Å²) in [6.07, 6.45) is 0. The molecular formula is C19H16ClF3N4S. The fourth-order valence-corrected chi connectivity index (χ4v) is 3.16. The quantitative estimate of drug-likeness (QED) is 0.548. The van der Waals surface area contributed by atoms with E-state index < -0.39 is 17.5 Å². The van der Waals surface area contributed by atoms with Gasteiger partial charge in [0.25, 0.3) is 0 Å². The maximum absolute atomic E-state index is 14.1. The number of hydrogen-bond acceptors (Lipinski definition) is 2. The van der Waals surface area contributed by atoms with E-state index in [-0.39, 0.29) is 17.3 Å². The number of thiocarbonyl (C=S) groups is 1. The molecule has 1 heterocycles. The highest BCUT2D eigenvalue weighted by atomic mass is 35.5. The van der Waals surface area contributed by atoms with Gasteiger partial charge in [0.2, 0.25) is 0 Å². The molecular weight excluding hydrogens is 409 g/mol. The Hall–Kier alpha value is -2.58. The summed E-state index contributed by atoms with van der Waals surface area (Å²) in [6, 6.07) is 7.62. The van der Waals surface area contributed by atoms with Crippen molar-refractivity contribution in [3.63, 3.8) is 0 Å². The topological polar surface area (TPSA) is 41.9 Å². The molecule has 0 spiro atoms. The van der Waals surface area contributed by atoms with Crippen molar-refractivity contribution in [3.8, 4) is 0 Å². The van der Waals surface area contributed by atoms with Gasteiger partial charge in [0.15, 0.2) is 5.11 Å². The number of rotatable bonds is 4. The maximum atomic E-state index is 14.1. The molecule has 2 aromatic carbocycles. The zero-order valence-electron chi connectivity index (χ0n) is 15.0. The first-order valence-electron chi connectivity index (χ1n) is 8.26. The SMILES string of the molecule is Cc1nn(Cc2c(F)cccc2Cl)c(C)c1NC(=S)Nc1ccc(F)cc1F. The lowest BCUT2D eigenvalue weighted by molar-refractivity contribution is 0.579. The molecule has 1 aromatic heterocycles. The molecule has 0 bridgehead atoms. The zero-order valence-corrected chi connectivity index (χ0v) is 16.6. The third-order valence-electron chi connectivity index (χ3n) is 4.17. The molecule has 0 fully saturated rings. The monoisotopic (exact) mass is 424 g/mol. The minimum atomic E-state index is -0.762. The lowest BCUT2D eigenvalue weighted by atomic mass is 10.2. The van der Waals surface area contributed by atoms with E-state index in [0.717, 1.165) is 12.1 Å². The van der Waals surface area contributed by atoms with Crippen LogP contribution in [0.3, 0.4) is 0 Å². The highest BCUT2D eigenvalue weighted by molar-refractivity contribution is 7.80. The van der Waals surface area contributed by atoms with Gasteiger partial charge >= 0.3 is 0 Å². The van der Waals surface area contributed by atoms with Crippen LogP contribution < -0.4 is 10.6 Å². The van der Waals surface area contributed by atoms with Crippen LogP contribution in [0.25, 0.3) is 0 Å². The summed E-state index contributed by atoms with van der Waals surface area (Å²) in [5.74, 6) is -1.86. The van der Waals surface area contributed by atoms with Crippen molar-refractivity contribution in [1.29, 1.82) is 0 Å². The summed E-state index contributed by atoms with van der Waals surface area (Å²) in [5, 5.41) is 10.4. The Morgan fingerprint density at radius 1 is 1.11 bits per heavy atom. The molecule has 0 amide bonds. The van der Waals surface area contributed by atoms with Gasteiger partial charge in [-0.2, -0.15) is 5.10 Å². The molecule has 0 aliphatic rings. The van der Waals surface area contributed by atoms with E-state index in [0.29, 0.717) is 27.7 Å². The van der Waals surface area contributed by atoms with Crippen molar-refractivity contribution >= 4 is 40.3 Å². The van der Waals surface area contributed by atoms with Crippen LogP contribution in [0.4, 0.5) is 24.5 Å². The molecule has 0 aliphatic carbocycles. The summed E-state index contributed by atoms with van der Waals surface area (Å²) < 4.78 is 42.4. The van der Waals surface area contributed by atoms with Crippen LogP contribution in [-0.2, 0) is 6.54 Å². The predicted molar refractivity (Wildman–Crippen MR) is 108 cm³/mol. The number of aromatic nitrogens is 2. The number of halogens is 4. The first-order chi connectivity index (χ1) is 13.3. The average molecular weight is 425 g/mol. The summed E-state index contributed by atoms with van der Waals surface area (Å²) in [6.45, 7) is 3.70. The number of aryl methyl sites for hydroxylation is 1. The molecule has 0 aliphatic heterocycles. The highest BCUT2D eigenvalue weighted by Crippen LogP contribution is 2.25. The number of anilines is 2. The Kier molecular flexibility index (Phi) is 5.90. The smallest absolute Gasteiger partial charge is 0.175 e. The van der Waals surface area contributed by atoms with Gasteiger partial charge in [-0.3, -0.25) is 4.68 Å². The number of benzene rings is 2. The molecule has 0 radical (unpaired) electrons. The van der Waals surface area contributed by atoms with Gasteiger partial charge in [-0.15, -0.1) is 0 Å². The average Bonchev–Trinajstić information content (AvgIpc) is 2.88. The van der Waals surface area contributed by atoms with Crippen LogP contribution in [0, 0.1) is 31.3 Å². The first-order valence-corrected chi connectivity index (χ1v) is 9.05. The van der Waals surface area contributed by atoms with Gasteiger partial charge in [0.05, 0.1) is 29.3 Å². The first kappa shape index (κ1) is 20.2. The second-order valence-corrected chi connectivity index (χ2v) is 6.92. The van der Waals surface area contributed by atoms with Crippen LogP contribution in [0.2, 0.25) is 5.02 Å². The molecule has 0 saturated carbocycles. The van der Waals surface area contributed by atoms with Gasteiger partial charge < -0.3 is 10.6 Å². The van der Waals surface area contributed by atoms with E-state index in [9.17, 15) is 13.2 Å². The number of nitrogens with one attached hydrogen (secondary N) is 2. The fourth-order valence-electron chi connectivity index (χ4n) is 2.72. The van der Waals surface area contributed by atoms with Crippen molar-refractivity contribution in [2.75, 3.05) is 10.6 Å². The second kappa shape index (κ2) is 8.20. The third-order valence-corrected chi connectivity index (χ3v) is 4.73. The van der Waals surface area contributed by atoms with E-state index in [2.05, 4.69) is 15.7 Å². The van der Waals surface area contributed by atoms with Crippen molar-refractivity contribution in [2.45, 2.75) is 20.4 Å². The zero-order chi connectivity index (χ0) is 20.4. The lowest BCUT2D eigenvalue weighted by Gasteiger charge is -2.12. The lowest BCUT2D eigenvalue weighted by Crippen LogP contribution is -2.20. The van der Waals surface area contributed by atoms with Crippen LogP contribution >= 0.6 is 23.8 Å². The summed E-state index contributed by atoms with van der Waals surface area (Å²) in [4.78, 5) is 0. The minimum absolute atomic E-state index is 0.0414. The second-order valence-electron chi connectivity index (χ2n) is 6.11. The van der Waals surface area contributed by atoms with Crippen LogP contribution in [-0.4, -0.2) is 14.9 Å². The molecule has 4 nitrogen and oxygen atoms in total. The Balaban J connectivity index is 1.79. The molecule has 0 atom stereocenters. The maximum Gasteiger partial charge on any atom is 0.175 e. The summed E-state index contributed by atoms with van der Waals surface area (Å²) in [7, 11) is 0. The van der Waals surface area contributed by atoms with E-state index in [4.69, 9.17) is 23.8 Å². The number of nitrogens with zero attached hydrogens (tertiary/aromatic N) is 2. The van der Waals surface area contributed by atoms with Crippen molar-refractivity contribution in [1.82, 2.24) is 9.78 Å². The minimum Gasteiger partial charge on any atom is -0.330 e. The van der Waals surface area contributed by atoms with Crippen molar-refractivity contribution < 1.29 is 13.2 Å². The summed E-state index contributed by atoms with van der Waals surface area (Å²) in [5.41, 5.74) is 2.29. The van der Waals surface area contributed by atoms with Crippen LogP contribution in [0.15, 0.2) is 36.4 Å². The third kappa shape index (κ3) is 4.28. The molecule has 0 unspecified atom stereocenters. The molecule has 9 heteroatoms. The van der Waals surface area contributed by atoms with Crippen molar-refractivity contribution in [2.24, 2.45) is 0 Å². The van der Waals surface area contributed by atoms with Crippen molar-refractivity contribution in [3.05, 3.63) is 75.8 Å². The highest BCUT2D eigenvalue weighted by Gasteiger charge is 2.16. The molecule has 2 N–H and O–H groups in total. The molecule has 3 aromatic rings. The Morgan fingerprint density at radius 3 is 2.54 bits per heavy atom. The Labute approximate surface area is 170 Å². The van der Waals surface area contributed by atoms with Gasteiger partial charge in [-0.25, -0.2) is 13.2 Å². The van der Waals surface area contributed by atoms with Gasteiger partial charge in [0.1, 0.15) is 17.5 Å². The Morgan fingerprint density at radius 2 is 1.86 bits per heavy atom. The van der Waals surface area contributed by atoms with E-state index in [1.54, 1.807) is 24.6 Å². The van der Waals surface area contributed by atoms with Gasteiger partial charge in [0, 0.05) is 16.7 Å². The standard InChI is InChI=1S/C19H16ClF3N4S/c1-10-18(25-19(28)24-17-7-6-12(21)8-16(17)23)11(2)27(26-10)9-13-14(20)4-3-5-15(13)22/h3-8H,9H2,1-2H3,(H2,24,25,28). The fraction of sp³-hybridized carbons (Fsp3) is 0.158. The van der Waals surface area contributed by atoms with E-state index in [1.807, 2.05) is 0 Å². The Bertz CT molecular complexity index is 1030. The van der Waals surface area contributed by atoms with Gasteiger partial charge in [-0.1, -0.05) is 17.7 Å². The largest absolute Gasteiger partial charge is 0.330 e. The molecule has 3 rings (SSSR count). The van der Waals surface area contributed by atoms with E-state index in [1.165, 1.54) is 18.2 Å². The molecule has 28 heavy (non-hydrogen) atoms. The molecule has 0 saturated heterocycles. The summed E-state index contributed by atoms with van der Waals surface area (Å²) >= 11 is 11.3. The number of hydrogen-bond donors (Lipinski definition) is 2. The van der Waals surface area contributed by atoms with E-state index >= 15 is 0 Å². The van der Waals surface area contributed by atoms with Gasteiger partial charge in [-0.05, 0) is 50.3 Å². The van der Waals surface area contributed by atoms with Crippen LogP contribution in [0.5, 0.6) is 0 Å². The normalized spacial score (nSPS) is 10.8. The van der Waals surface area contributed by atoms with Crippen LogP contribution in [0.1, 0.15) is 17.0 Å². The molecule has 146 valence electrons. The predicted octanol–water partition coefficient (Wildman–Crippen LogP) is 5.43.